The molecule has 0 heterocycles. The summed E-state index contributed by atoms with van der Waals surface area (Å²) in [7, 11) is 0. The van der Waals surface area contributed by atoms with Gasteiger partial charge in [0.15, 0.2) is 11.6 Å². The largest absolute Gasteiger partial charge is 0.490 e. The Morgan fingerprint density at radius 1 is 1.14 bits per heavy atom. The SMILES string of the molecule is C/C=C/C1CC=C(c2ccc(-c3ccc(OCCCC)c(F)c3Cl)cc2)CC1. The molecule has 1 nitrogen and oxygen atoms in total. The van der Waals surface area contributed by atoms with Crippen molar-refractivity contribution in [2.75, 3.05) is 6.61 Å². The van der Waals surface area contributed by atoms with Crippen molar-refractivity contribution in [2.24, 2.45) is 5.92 Å². The van der Waals surface area contributed by atoms with Crippen LogP contribution in [0, 0.1) is 11.7 Å². The van der Waals surface area contributed by atoms with Crippen LogP contribution >= 0.6 is 11.6 Å². The molecule has 0 radical (unpaired) electrons. The van der Waals surface area contributed by atoms with Crippen molar-refractivity contribution in [3.63, 3.8) is 0 Å². The minimum absolute atomic E-state index is 0.118. The molecule has 0 aromatic heterocycles. The van der Waals surface area contributed by atoms with E-state index in [9.17, 15) is 4.39 Å². The topological polar surface area (TPSA) is 9.23 Å². The Kier molecular flexibility index (Phi) is 7.33. The number of allylic oxidation sites excluding steroid dienone is 4. The van der Waals surface area contributed by atoms with Crippen LogP contribution in [-0.4, -0.2) is 6.61 Å². The molecule has 2 aromatic carbocycles. The van der Waals surface area contributed by atoms with Gasteiger partial charge in [0.05, 0.1) is 11.6 Å². The number of benzene rings is 2. The summed E-state index contributed by atoms with van der Waals surface area (Å²) in [6, 6.07) is 11.8. The highest BCUT2D eigenvalue weighted by Gasteiger charge is 2.16. The number of ether oxygens (including phenoxy) is 1. The molecule has 148 valence electrons. The highest BCUT2D eigenvalue weighted by atomic mass is 35.5. The van der Waals surface area contributed by atoms with E-state index in [1.165, 1.54) is 17.6 Å². The summed E-state index contributed by atoms with van der Waals surface area (Å²) in [5.41, 5.74) is 4.23. The highest BCUT2D eigenvalue weighted by molar-refractivity contribution is 6.33. The third-order valence-electron chi connectivity index (χ3n) is 5.29. The Labute approximate surface area is 172 Å². The number of hydrogen-bond donors (Lipinski definition) is 0. The highest BCUT2D eigenvalue weighted by Crippen LogP contribution is 2.36. The van der Waals surface area contributed by atoms with Crippen molar-refractivity contribution >= 4 is 17.2 Å². The fraction of sp³-hybridized carbons (Fsp3) is 0.360. The zero-order chi connectivity index (χ0) is 19.9. The number of rotatable bonds is 7. The molecule has 3 heteroatoms. The predicted octanol–water partition coefficient (Wildman–Crippen LogP) is 8.08. The Balaban J connectivity index is 1.76. The third-order valence-corrected chi connectivity index (χ3v) is 5.65. The summed E-state index contributed by atoms with van der Waals surface area (Å²) < 4.78 is 20.1. The van der Waals surface area contributed by atoms with E-state index in [1.807, 2.05) is 18.2 Å². The van der Waals surface area contributed by atoms with Crippen LogP contribution in [0.15, 0.2) is 54.6 Å². The van der Waals surface area contributed by atoms with Crippen LogP contribution in [0.3, 0.4) is 0 Å². The first-order chi connectivity index (χ1) is 13.6. The minimum atomic E-state index is -0.482. The van der Waals surface area contributed by atoms with Gasteiger partial charge in [-0.2, -0.15) is 0 Å². The van der Waals surface area contributed by atoms with Gasteiger partial charge in [0.2, 0.25) is 0 Å². The van der Waals surface area contributed by atoms with Gasteiger partial charge in [-0.15, -0.1) is 0 Å². The lowest BCUT2D eigenvalue weighted by atomic mass is 9.86. The Hall–Kier alpha value is -2.06. The van der Waals surface area contributed by atoms with Gasteiger partial charge in [-0.3, -0.25) is 0 Å². The van der Waals surface area contributed by atoms with Gasteiger partial charge in [-0.1, -0.05) is 67.4 Å². The van der Waals surface area contributed by atoms with E-state index >= 15 is 0 Å². The molecule has 0 saturated heterocycles. The lowest BCUT2D eigenvalue weighted by molar-refractivity contribution is 0.294. The van der Waals surface area contributed by atoms with Crippen molar-refractivity contribution < 1.29 is 9.13 Å². The molecule has 0 aliphatic heterocycles. The molecule has 2 aromatic rings. The van der Waals surface area contributed by atoms with Crippen LogP contribution in [0.4, 0.5) is 4.39 Å². The van der Waals surface area contributed by atoms with Crippen molar-refractivity contribution in [3.8, 4) is 16.9 Å². The van der Waals surface area contributed by atoms with Crippen LogP contribution in [0.5, 0.6) is 5.75 Å². The van der Waals surface area contributed by atoms with Crippen LogP contribution in [0.2, 0.25) is 5.02 Å². The molecule has 0 saturated carbocycles. The molecule has 1 aliphatic rings. The first kappa shape index (κ1) is 20.7. The average molecular weight is 399 g/mol. The van der Waals surface area contributed by atoms with Gasteiger partial charge in [0.25, 0.3) is 0 Å². The first-order valence-corrected chi connectivity index (χ1v) is 10.5. The standard InChI is InChI=1S/C25H28ClFO/c1-3-5-17-28-23-16-15-22(24(26)25(23)27)21-13-11-20(12-14-21)19-9-7-18(6-4-2)8-10-19/h4,6,9,11-16,18H,3,5,7-8,10,17H2,1-2H3/b6-4+. The lowest BCUT2D eigenvalue weighted by Crippen LogP contribution is -2.02. The van der Waals surface area contributed by atoms with Crippen LogP contribution in [-0.2, 0) is 0 Å². The fourth-order valence-corrected chi connectivity index (χ4v) is 3.89. The van der Waals surface area contributed by atoms with Crippen LogP contribution in [0.1, 0.15) is 51.5 Å². The van der Waals surface area contributed by atoms with Crippen molar-refractivity contribution in [1.29, 1.82) is 0 Å². The van der Waals surface area contributed by atoms with Gasteiger partial charge >= 0.3 is 0 Å². The molecular weight excluding hydrogens is 371 g/mol. The summed E-state index contributed by atoms with van der Waals surface area (Å²) in [5, 5.41) is 0.118. The van der Waals surface area contributed by atoms with E-state index in [1.54, 1.807) is 6.07 Å². The maximum absolute atomic E-state index is 14.6. The van der Waals surface area contributed by atoms with Crippen molar-refractivity contribution in [1.82, 2.24) is 0 Å². The van der Waals surface area contributed by atoms with Gasteiger partial charge in [0, 0.05) is 5.56 Å². The summed E-state index contributed by atoms with van der Waals surface area (Å²) in [5.74, 6) is 0.402. The number of hydrogen-bond acceptors (Lipinski definition) is 1. The second kappa shape index (κ2) is 9.93. The number of unbranched alkanes of at least 4 members (excludes halogenated alkanes) is 1. The molecule has 0 N–H and O–H groups in total. The smallest absolute Gasteiger partial charge is 0.184 e. The molecule has 0 spiro atoms. The fourth-order valence-electron chi connectivity index (χ4n) is 3.62. The molecule has 1 atom stereocenters. The summed E-state index contributed by atoms with van der Waals surface area (Å²) in [4.78, 5) is 0. The molecule has 0 fully saturated rings. The van der Waals surface area contributed by atoms with Crippen LogP contribution in [0.25, 0.3) is 16.7 Å². The summed E-state index contributed by atoms with van der Waals surface area (Å²) in [6.45, 7) is 4.65. The first-order valence-electron chi connectivity index (χ1n) is 10.2. The van der Waals surface area contributed by atoms with Crippen molar-refractivity contribution in [2.45, 2.75) is 46.0 Å². The molecule has 3 rings (SSSR count). The average Bonchev–Trinajstić information content (AvgIpc) is 2.72. The van der Waals surface area contributed by atoms with E-state index in [2.05, 4.69) is 44.2 Å². The van der Waals surface area contributed by atoms with E-state index in [4.69, 9.17) is 16.3 Å². The summed E-state index contributed by atoms with van der Waals surface area (Å²) in [6.07, 6.45) is 12.1. The second-order valence-electron chi connectivity index (χ2n) is 7.31. The Bertz CT molecular complexity index is 852. The van der Waals surface area contributed by atoms with Gasteiger partial charge < -0.3 is 4.74 Å². The quantitative estimate of drug-likeness (QED) is 0.338. The Morgan fingerprint density at radius 2 is 1.89 bits per heavy atom. The molecule has 1 unspecified atom stereocenters. The van der Waals surface area contributed by atoms with Gasteiger partial charge in [-0.25, -0.2) is 4.39 Å². The van der Waals surface area contributed by atoms with Gasteiger partial charge in [-0.05, 0) is 67.4 Å². The zero-order valence-electron chi connectivity index (χ0n) is 16.7. The molecule has 0 amide bonds. The zero-order valence-corrected chi connectivity index (χ0v) is 17.4. The Morgan fingerprint density at radius 3 is 2.54 bits per heavy atom. The van der Waals surface area contributed by atoms with E-state index in [0.717, 1.165) is 31.2 Å². The molecule has 1 aliphatic carbocycles. The summed E-state index contributed by atoms with van der Waals surface area (Å²) >= 11 is 6.31. The van der Waals surface area contributed by atoms with Gasteiger partial charge in [0.1, 0.15) is 0 Å². The van der Waals surface area contributed by atoms with E-state index in [0.29, 0.717) is 18.1 Å². The lowest BCUT2D eigenvalue weighted by Gasteiger charge is -2.19. The number of halogens is 2. The monoisotopic (exact) mass is 398 g/mol. The maximum atomic E-state index is 14.6. The molecular formula is C25H28ClFO. The molecule has 28 heavy (non-hydrogen) atoms. The normalized spacial score (nSPS) is 17.0. The molecule has 0 bridgehead atoms. The van der Waals surface area contributed by atoms with Crippen LogP contribution < -0.4 is 4.74 Å². The maximum Gasteiger partial charge on any atom is 0.184 e. The second-order valence-corrected chi connectivity index (χ2v) is 7.69. The van der Waals surface area contributed by atoms with E-state index in [-0.39, 0.29) is 10.8 Å². The van der Waals surface area contributed by atoms with E-state index < -0.39 is 5.82 Å². The van der Waals surface area contributed by atoms with Crippen molar-refractivity contribution in [3.05, 3.63) is 71.0 Å². The third kappa shape index (κ3) is 4.86. The predicted molar refractivity (Wildman–Crippen MR) is 117 cm³/mol. The minimum Gasteiger partial charge on any atom is -0.490 e.